The highest BCUT2D eigenvalue weighted by atomic mass is 32.2. The minimum atomic E-state index is -3.47. The number of aryl methyl sites for hydroxylation is 1. The van der Waals surface area contributed by atoms with Gasteiger partial charge in [0.1, 0.15) is 5.75 Å². The lowest BCUT2D eigenvalue weighted by Gasteiger charge is -2.17. The number of carbonyl (C=O) groups is 1. The van der Waals surface area contributed by atoms with Crippen LogP contribution in [0.1, 0.15) is 31.2 Å². The van der Waals surface area contributed by atoms with E-state index in [2.05, 4.69) is 4.72 Å². The largest absolute Gasteiger partial charge is 0.493 e. The number of ether oxygens (including phenoxy) is 1. The van der Waals surface area contributed by atoms with Crippen molar-refractivity contribution in [3.05, 3.63) is 54.1 Å². The Morgan fingerprint density at radius 2 is 1.76 bits per heavy atom. The van der Waals surface area contributed by atoms with Gasteiger partial charge in [-0.15, -0.1) is 0 Å². The first-order valence-electron chi connectivity index (χ1n) is 10.8. The van der Waals surface area contributed by atoms with Crippen LogP contribution in [0.3, 0.4) is 0 Å². The van der Waals surface area contributed by atoms with Crippen LogP contribution in [0.4, 0.5) is 0 Å². The van der Waals surface area contributed by atoms with E-state index in [1.165, 1.54) is 12.1 Å². The molecular weight excluding hydrogens is 464 g/mol. The van der Waals surface area contributed by atoms with Crippen LogP contribution in [0, 0.1) is 0 Å². The first kappa shape index (κ1) is 25.2. The van der Waals surface area contributed by atoms with Gasteiger partial charge in [-0.1, -0.05) is 18.2 Å². The van der Waals surface area contributed by atoms with Gasteiger partial charge < -0.3 is 9.64 Å². The average molecular weight is 495 g/mol. The number of hydrogen-bond donors (Lipinski definition) is 1. The number of rotatable bonds is 12. The number of sulfonamides is 1. The third-order valence-electron chi connectivity index (χ3n) is 5.33. The summed E-state index contributed by atoms with van der Waals surface area (Å²) < 4.78 is 55.9. The number of benzene rings is 2. The van der Waals surface area contributed by atoms with Gasteiger partial charge in [0.2, 0.25) is 15.9 Å². The molecule has 0 bridgehead atoms. The van der Waals surface area contributed by atoms with Gasteiger partial charge >= 0.3 is 0 Å². The monoisotopic (exact) mass is 494 g/mol. The fourth-order valence-corrected chi connectivity index (χ4v) is 5.14. The van der Waals surface area contributed by atoms with E-state index >= 15 is 0 Å². The molecule has 0 radical (unpaired) electrons. The summed E-state index contributed by atoms with van der Waals surface area (Å²) in [7, 11) is -5.03. The summed E-state index contributed by atoms with van der Waals surface area (Å²) in [5.74, 6) is 0.464. The standard InChI is InChI=1S/C23H30N2O6S2/c1-25(15-4-16-31-20-5-3-6-22(17-20)32(2,27)28)23(26)14-9-18-7-12-21(13-8-18)33(29,30)24-19-10-11-19/h3,5-8,12-13,17,19,24H,4,9-11,14-16H2,1-2H3. The zero-order chi connectivity index (χ0) is 24.1. The van der Waals surface area contributed by atoms with Crippen LogP contribution < -0.4 is 9.46 Å². The van der Waals surface area contributed by atoms with Crippen LogP contribution in [0.15, 0.2) is 58.3 Å². The van der Waals surface area contributed by atoms with Crippen molar-refractivity contribution in [2.75, 3.05) is 26.5 Å². The lowest BCUT2D eigenvalue weighted by atomic mass is 10.1. The Bertz CT molecular complexity index is 1170. The number of sulfone groups is 1. The molecule has 2 aromatic carbocycles. The Kier molecular flexibility index (Phi) is 8.14. The van der Waals surface area contributed by atoms with Crippen molar-refractivity contribution < 1.29 is 26.4 Å². The fraction of sp³-hybridized carbons (Fsp3) is 0.435. The second kappa shape index (κ2) is 10.7. The van der Waals surface area contributed by atoms with E-state index in [0.717, 1.165) is 24.7 Å². The predicted octanol–water partition coefficient (Wildman–Crippen LogP) is 2.39. The fourth-order valence-electron chi connectivity index (χ4n) is 3.18. The number of amides is 1. The molecular formula is C23H30N2O6S2. The second-order valence-corrected chi connectivity index (χ2v) is 12.0. The van der Waals surface area contributed by atoms with Gasteiger partial charge in [-0.05, 0) is 61.6 Å². The normalized spacial score (nSPS) is 14.1. The van der Waals surface area contributed by atoms with Crippen molar-refractivity contribution in [3.8, 4) is 5.75 Å². The van der Waals surface area contributed by atoms with Crippen molar-refractivity contribution in [2.45, 2.75) is 47.9 Å². The van der Waals surface area contributed by atoms with Gasteiger partial charge in [0.05, 0.1) is 16.4 Å². The zero-order valence-corrected chi connectivity index (χ0v) is 20.5. The molecule has 1 aliphatic carbocycles. The van der Waals surface area contributed by atoms with E-state index in [9.17, 15) is 21.6 Å². The molecule has 33 heavy (non-hydrogen) atoms. The number of carbonyl (C=O) groups excluding carboxylic acids is 1. The summed E-state index contributed by atoms with van der Waals surface area (Å²) in [5, 5.41) is 0. The molecule has 0 aromatic heterocycles. The van der Waals surface area contributed by atoms with Crippen LogP contribution in [0.25, 0.3) is 0 Å². The Hall–Kier alpha value is -2.43. The van der Waals surface area contributed by atoms with Crippen LogP contribution in [-0.2, 0) is 31.1 Å². The number of nitrogens with zero attached hydrogens (tertiary/aromatic N) is 1. The minimum Gasteiger partial charge on any atom is -0.493 e. The van der Waals surface area contributed by atoms with Crippen molar-refractivity contribution >= 4 is 25.8 Å². The number of nitrogens with one attached hydrogen (secondary N) is 1. The van der Waals surface area contributed by atoms with Crippen molar-refractivity contribution in [1.82, 2.24) is 9.62 Å². The Labute approximate surface area is 195 Å². The van der Waals surface area contributed by atoms with E-state index < -0.39 is 19.9 Å². The highest BCUT2D eigenvalue weighted by Gasteiger charge is 2.27. The molecule has 2 aromatic rings. The molecule has 0 spiro atoms. The molecule has 1 fully saturated rings. The predicted molar refractivity (Wildman–Crippen MR) is 125 cm³/mol. The first-order valence-corrected chi connectivity index (χ1v) is 14.2. The summed E-state index contributed by atoms with van der Waals surface area (Å²) in [6.07, 6.45) is 4.36. The van der Waals surface area contributed by atoms with Crippen molar-refractivity contribution in [1.29, 1.82) is 0 Å². The minimum absolute atomic E-state index is 0.0128. The summed E-state index contributed by atoms with van der Waals surface area (Å²) in [5.41, 5.74) is 0.899. The molecule has 0 atom stereocenters. The van der Waals surface area contributed by atoms with Gasteiger partial charge in [-0.3, -0.25) is 4.79 Å². The molecule has 10 heteroatoms. The van der Waals surface area contributed by atoms with Gasteiger partial charge in [-0.2, -0.15) is 0 Å². The SMILES string of the molecule is CN(CCCOc1cccc(S(C)(=O)=O)c1)C(=O)CCc1ccc(S(=O)(=O)NC2CC2)cc1. The third kappa shape index (κ3) is 7.83. The highest BCUT2D eigenvalue weighted by molar-refractivity contribution is 7.90. The molecule has 0 saturated heterocycles. The molecule has 1 aliphatic rings. The second-order valence-electron chi connectivity index (χ2n) is 8.30. The van der Waals surface area contributed by atoms with Gasteiger partial charge in [0.15, 0.2) is 9.84 Å². The highest BCUT2D eigenvalue weighted by Crippen LogP contribution is 2.22. The van der Waals surface area contributed by atoms with E-state index in [1.54, 1.807) is 48.3 Å². The van der Waals surface area contributed by atoms with Gasteiger partial charge in [-0.25, -0.2) is 21.6 Å². The molecule has 8 nitrogen and oxygen atoms in total. The lowest BCUT2D eigenvalue weighted by molar-refractivity contribution is -0.129. The lowest BCUT2D eigenvalue weighted by Crippen LogP contribution is -2.28. The van der Waals surface area contributed by atoms with E-state index in [0.29, 0.717) is 38.2 Å². The van der Waals surface area contributed by atoms with E-state index in [4.69, 9.17) is 4.74 Å². The molecule has 0 heterocycles. The van der Waals surface area contributed by atoms with Crippen molar-refractivity contribution in [3.63, 3.8) is 0 Å². The Balaban J connectivity index is 1.39. The van der Waals surface area contributed by atoms with Gasteiger partial charge in [0, 0.05) is 32.3 Å². The molecule has 3 rings (SSSR count). The molecule has 1 saturated carbocycles. The van der Waals surface area contributed by atoms with Crippen LogP contribution in [0.5, 0.6) is 5.75 Å². The number of hydrogen-bond acceptors (Lipinski definition) is 6. The summed E-state index contributed by atoms with van der Waals surface area (Å²) >= 11 is 0. The molecule has 1 amide bonds. The van der Waals surface area contributed by atoms with Gasteiger partial charge in [0.25, 0.3) is 0 Å². The molecule has 0 unspecified atom stereocenters. The summed E-state index contributed by atoms with van der Waals surface area (Å²) in [6.45, 7) is 0.865. The summed E-state index contributed by atoms with van der Waals surface area (Å²) in [4.78, 5) is 14.5. The molecule has 0 aliphatic heterocycles. The van der Waals surface area contributed by atoms with E-state index in [1.807, 2.05) is 0 Å². The quantitative estimate of drug-likeness (QED) is 0.454. The maximum Gasteiger partial charge on any atom is 0.240 e. The molecule has 180 valence electrons. The zero-order valence-electron chi connectivity index (χ0n) is 18.9. The Morgan fingerprint density at radius 3 is 2.39 bits per heavy atom. The smallest absolute Gasteiger partial charge is 0.240 e. The van der Waals surface area contributed by atoms with Crippen molar-refractivity contribution in [2.24, 2.45) is 0 Å². The average Bonchev–Trinajstić information content (AvgIpc) is 3.58. The van der Waals surface area contributed by atoms with Crippen LogP contribution in [0.2, 0.25) is 0 Å². The molecule has 1 N–H and O–H groups in total. The van der Waals surface area contributed by atoms with Crippen LogP contribution in [-0.4, -0.2) is 60.1 Å². The van der Waals surface area contributed by atoms with E-state index in [-0.39, 0.29) is 21.7 Å². The Morgan fingerprint density at radius 1 is 1.06 bits per heavy atom. The maximum absolute atomic E-state index is 12.4. The van der Waals surface area contributed by atoms with Crippen LogP contribution >= 0.6 is 0 Å². The maximum atomic E-state index is 12.4. The first-order chi connectivity index (χ1) is 15.5. The third-order valence-corrected chi connectivity index (χ3v) is 7.97. The summed E-state index contributed by atoms with van der Waals surface area (Å²) in [6, 6.07) is 13.0. The topological polar surface area (TPSA) is 110 Å².